The van der Waals surface area contributed by atoms with E-state index >= 15 is 0 Å². The first-order valence-corrected chi connectivity index (χ1v) is 20.6. The van der Waals surface area contributed by atoms with E-state index in [-0.39, 0.29) is 18.9 Å². The predicted octanol–water partition coefficient (Wildman–Crippen LogP) is 6.03. The number of ether oxygens (including phenoxy) is 1. The van der Waals surface area contributed by atoms with E-state index in [1.165, 1.54) is 51.2 Å². The van der Waals surface area contributed by atoms with Crippen molar-refractivity contribution in [3.8, 4) is 0 Å². The number of aliphatic hydroxyl groups is 3. The molecule has 0 spiro atoms. The van der Waals surface area contributed by atoms with Crippen molar-refractivity contribution in [2.45, 2.75) is 138 Å². The van der Waals surface area contributed by atoms with E-state index in [1.54, 1.807) is 6.92 Å². The summed E-state index contributed by atoms with van der Waals surface area (Å²) in [7, 11) is 10.9. The van der Waals surface area contributed by atoms with Gasteiger partial charge in [-0.1, -0.05) is 54.4 Å². The van der Waals surface area contributed by atoms with Crippen LogP contribution in [-0.2, 0) is 19.2 Å². The second-order valence-corrected chi connectivity index (χ2v) is 16.6. The Bertz CT molecular complexity index is 812. The number of nitrogens with zero attached hydrogens (tertiary/aromatic N) is 2. The number of carbonyl (C=O) groups excluding carboxylic acids is 2. The minimum absolute atomic E-state index is 0.214. The molecule has 0 aromatic heterocycles. The van der Waals surface area contributed by atoms with Gasteiger partial charge in [-0.15, -0.1) is 0 Å². The monoisotopic (exact) mass is 763 g/mol. The van der Waals surface area contributed by atoms with Gasteiger partial charge in [0.25, 0.3) is 0 Å². The van der Waals surface area contributed by atoms with Crippen LogP contribution in [0.1, 0.15) is 126 Å². The van der Waals surface area contributed by atoms with Crippen molar-refractivity contribution in [1.29, 1.82) is 0 Å². The molecule has 3 aliphatic carbocycles. The summed E-state index contributed by atoms with van der Waals surface area (Å²) >= 11 is 0. The van der Waals surface area contributed by atoms with Crippen molar-refractivity contribution in [2.75, 3.05) is 75.3 Å². The molecule has 11 heteroatoms. The Morgan fingerprint density at radius 3 is 2.00 bits per heavy atom. The van der Waals surface area contributed by atoms with Crippen LogP contribution in [0.4, 0.5) is 0 Å². The largest absolute Gasteiger partial charge is 0.400 e. The van der Waals surface area contributed by atoms with Crippen molar-refractivity contribution >= 4 is 12.7 Å². The lowest BCUT2D eigenvalue weighted by Gasteiger charge is -2.46. The van der Waals surface area contributed by atoms with Crippen molar-refractivity contribution in [1.82, 2.24) is 15.3 Å². The van der Waals surface area contributed by atoms with Gasteiger partial charge in [-0.3, -0.25) is 9.63 Å². The van der Waals surface area contributed by atoms with Crippen LogP contribution in [0.3, 0.4) is 0 Å². The number of methoxy groups -OCH3 is 1. The number of hydrogen-bond acceptors (Lipinski definition) is 10. The standard InChI is InChI=1S/C20H36N2O3.C10H20.C6H14O.C2H7N.C2H6O.CH3NO.CH4O/c1-21(2)18-11-15(14-23)10-17(12-18)19-7-4-6-16(20(19)24-3)13-22-8-5-9-25-22;1-8-5-6-9(2)10(3,4)7-8;1-6(2)4-3-5-7;1-3-2;1-2-3;2-1-3;1-2/h14-20H,4-13H2,1-3H3;8-9H,5-7H2,1-4H3;6-7H,3-5H2,1-2H3;3H,1-2H3;3H,2H2,1H3;1H,(H2,2,3);2H,1H3. The van der Waals surface area contributed by atoms with E-state index in [4.69, 9.17) is 29.7 Å². The summed E-state index contributed by atoms with van der Waals surface area (Å²) in [5.41, 5.74) is 4.78. The molecular formula is C42H90N4O7. The Morgan fingerprint density at radius 1 is 1.02 bits per heavy atom. The fourth-order valence-electron chi connectivity index (χ4n) is 8.15. The number of carbonyl (C=O) groups is 2. The molecule has 0 radical (unpaired) electrons. The zero-order chi connectivity index (χ0) is 41.4. The molecule has 8 unspecified atom stereocenters. The van der Waals surface area contributed by atoms with Crippen LogP contribution in [0.5, 0.6) is 0 Å². The van der Waals surface area contributed by atoms with E-state index < -0.39 is 0 Å². The highest BCUT2D eigenvalue weighted by Crippen LogP contribution is 2.44. The normalized spacial score (nSPS) is 28.9. The van der Waals surface area contributed by atoms with Crippen molar-refractivity contribution in [3.05, 3.63) is 0 Å². The second-order valence-electron chi connectivity index (χ2n) is 16.6. The van der Waals surface area contributed by atoms with E-state index in [0.29, 0.717) is 41.9 Å². The Kier molecular flexibility index (Phi) is 37.3. The third-order valence-electron chi connectivity index (χ3n) is 11.1. The van der Waals surface area contributed by atoms with Gasteiger partial charge < -0.3 is 40.8 Å². The lowest BCUT2D eigenvalue weighted by molar-refractivity contribution is -0.144. The molecule has 4 aliphatic rings. The third-order valence-corrected chi connectivity index (χ3v) is 11.1. The van der Waals surface area contributed by atoms with Gasteiger partial charge >= 0.3 is 0 Å². The fourth-order valence-corrected chi connectivity index (χ4v) is 8.15. The lowest BCUT2D eigenvalue weighted by Crippen LogP contribution is -2.47. The van der Waals surface area contributed by atoms with Crippen LogP contribution < -0.4 is 11.1 Å². The summed E-state index contributed by atoms with van der Waals surface area (Å²) in [5, 5.41) is 27.8. The number of hydrogen-bond donors (Lipinski definition) is 5. The van der Waals surface area contributed by atoms with Crippen LogP contribution in [0.15, 0.2) is 0 Å². The van der Waals surface area contributed by atoms with Crippen molar-refractivity contribution < 1.29 is 34.5 Å². The highest BCUT2D eigenvalue weighted by atomic mass is 16.7. The van der Waals surface area contributed by atoms with Gasteiger partial charge in [0, 0.05) is 58.4 Å². The van der Waals surface area contributed by atoms with Crippen LogP contribution >= 0.6 is 0 Å². The number of aliphatic hydroxyl groups excluding tert-OH is 3. The van der Waals surface area contributed by atoms with E-state index in [2.05, 4.69) is 76.7 Å². The molecule has 4 fully saturated rings. The highest BCUT2D eigenvalue weighted by molar-refractivity contribution is 5.53. The van der Waals surface area contributed by atoms with Crippen molar-refractivity contribution in [2.24, 2.45) is 52.6 Å². The molecule has 11 nitrogen and oxygen atoms in total. The molecule has 0 aromatic carbocycles. The van der Waals surface area contributed by atoms with E-state index in [1.807, 2.05) is 21.2 Å². The minimum Gasteiger partial charge on any atom is -0.400 e. The Labute approximate surface area is 327 Å². The van der Waals surface area contributed by atoms with Gasteiger partial charge in [0.15, 0.2) is 0 Å². The Hall–Kier alpha value is -1.18. The molecular weight excluding hydrogens is 672 g/mol. The number of amides is 1. The third kappa shape index (κ3) is 26.3. The average Bonchev–Trinajstić information content (AvgIpc) is 3.64. The maximum atomic E-state index is 11.5. The van der Waals surface area contributed by atoms with Gasteiger partial charge in [0.1, 0.15) is 6.29 Å². The van der Waals surface area contributed by atoms with Crippen LogP contribution in [0.25, 0.3) is 0 Å². The highest BCUT2D eigenvalue weighted by Gasteiger charge is 2.42. The first kappa shape index (κ1) is 56.2. The average molecular weight is 763 g/mol. The number of hydroxylamine groups is 2. The number of nitrogens with two attached hydrogens (primary N) is 1. The number of aldehydes is 1. The first-order valence-electron chi connectivity index (χ1n) is 20.6. The molecule has 0 aromatic rings. The number of rotatable bonds is 9. The molecule has 3 saturated carbocycles. The first-order chi connectivity index (χ1) is 25.2. The SMILES string of the molecule is CC(C)CCCO.CC1CCC(C)C(C)(C)C1.CCO.CNC.CO.COC1C(CN2CCCO2)CCCC1C1CC(C=O)CC(N(C)C)C1.NC=O. The zero-order valence-corrected chi connectivity index (χ0v) is 36.8. The fraction of sp³-hybridized carbons (Fsp3) is 0.952. The van der Waals surface area contributed by atoms with Gasteiger partial charge in [0.05, 0.1) is 12.7 Å². The topological polar surface area (TPSA) is 158 Å². The van der Waals surface area contributed by atoms with Gasteiger partial charge in [0.2, 0.25) is 6.41 Å². The molecule has 53 heavy (non-hydrogen) atoms. The van der Waals surface area contributed by atoms with Crippen LogP contribution in [0.2, 0.25) is 0 Å². The number of nitrogens with one attached hydrogen (secondary N) is 1. The maximum absolute atomic E-state index is 11.5. The van der Waals surface area contributed by atoms with Gasteiger partial charge in [-0.2, -0.15) is 5.06 Å². The zero-order valence-electron chi connectivity index (χ0n) is 36.8. The van der Waals surface area contributed by atoms with Crippen LogP contribution in [-0.4, -0.2) is 125 Å². The summed E-state index contributed by atoms with van der Waals surface area (Å²) in [6.07, 6.45) is 16.3. The second kappa shape index (κ2) is 35.2. The molecule has 320 valence electrons. The molecule has 0 bridgehead atoms. The van der Waals surface area contributed by atoms with Crippen molar-refractivity contribution in [3.63, 3.8) is 0 Å². The maximum Gasteiger partial charge on any atom is 0.204 e. The number of primary amides is 1. The van der Waals surface area contributed by atoms with Gasteiger partial charge in [-0.25, -0.2) is 0 Å². The molecule has 8 atom stereocenters. The summed E-state index contributed by atoms with van der Waals surface area (Å²) in [5.74, 6) is 4.59. The lowest BCUT2D eigenvalue weighted by atomic mass is 9.65. The molecule has 6 N–H and O–H groups in total. The summed E-state index contributed by atoms with van der Waals surface area (Å²) < 4.78 is 6.06. The summed E-state index contributed by atoms with van der Waals surface area (Å²) in [4.78, 5) is 28.2. The molecule has 1 aliphatic heterocycles. The molecule has 1 amide bonds. The predicted molar refractivity (Wildman–Crippen MR) is 221 cm³/mol. The molecule has 1 saturated heterocycles. The Morgan fingerprint density at radius 2 is 1.60 bits per heavy atom. The van der Waals surface area contributed by atoms with E-state index in [0.717, 1.165) is 76.7 Å². The van der Waals surface area contributed by atoms with Crippen LogP contribution in [0, 0.1) is 46.8 Å². The Balaban J connectivity index is -0.000000733. The quantitative estimate of drug-likeness (QED) is 0.176. The van der Waals surface area contributed by atoms with Gasteiger partial charge in [-0.05, 0) is 134 Å². The molecule has 1 heterocycles. The summed E-state index contributed by atoms with van der Waals surface area (Å²) in [6.45, 7) is 19.1. The van der Waals surface area contributed by atoms with E-state index in [9.17, 15) is 4.79 Å². The minimum atomic E-state index is 0.214. The smallest absolute Gasteiger partial charge is 0.204 e. The summed E-state index contributed by atoms with van der Waals surface area (Å²) in [6, 6.07) is 0.522. The molecule has 4 rings (SSSR count).